The fraction of sp³-hybridized carbons (Fsp3) is 0.150. The Balaban J connectivity index is 2.00. The van der Waals surface area contributed by atoms with E-state index in [-0.39, 0.29) is 5.05 Å². The summed E-state index contributed by atoms with van der Waals surface area (Å²) in [5.74, 6) is -10.1. The van der Waals surface area contributed by atoms with Gasteiger partial charge in [0.25, 0.3) is 0 Å². The molecule has 7 heteroatoms. The van der Waals surface area contributed by atoms with Crippen LogP contribution in [0.15, 0.2) is 42.0 Å². The Morgan fingerprint density at radius 1 is 0.889 bits per heavy atom. The minimum Gasteiger partial charge on any atom is -0.470 e. The molecule has 0 saturated carbocycles. The molecule has 0 spiro atoms. The average Bonchev–Trinajstić information content (AvgIpc) is 2.81. The first kappa shape index (κ1) is 17.9. The molecule has 1 atom stereocenters. The maximum atomic E-state index is 14.4. The van der Waals surface area contributed by atoms with Crippen molar-refractivity contribution in [2.24, 2.45) is 0 Å². The second-order valence-electron chi connectivity index (χ2n) is 6.19. The third kappa shape index (κ3) is 2.68. The molecule has 1 nitrogen and oxygen atoms in total. The largest absolute Gasteiger partial charge is 0.470 e. The van der Waals surface area contributed by atoms with Gasteiger partial charge in [0.15, 0.2) is 34.4 Å². The van der Waals surface area contributed by atoms with Gasteiger partial charge in [-0.15, -0.1) is 0 Å². The van der Waals surface area contributed by atoms with Gasteiger partial charge in [-0.25, -0.2) is 22.0 Å². The fourth-order valence-electron chi connectivity index (χ4n) is 3.44. The molecule has 1 aliphatic carbocycles. The van der Waals surface area contributed by atoms with Crippen LogP contribution in [0.5, 0.6) is 0 Å². The van der Waals surface area contributed by atoms with Crippen LogP contribution in [0.2, 0.25) is 0 Å². The molecular weight excluding hydrogens is 383 g/mol. The summed E-state index contributed by atoms with van der Waals surface area (Å²) in [5, 5.41) is -0.0499. The summed E-state index contributed by atoms with van der Waals surface area (Å²) in [6, 6.07) is 6.59. The van der Waals surface area contributed by atoms with E-state index in [0.717, 1.165) is 12.0 Å². The molecule has 2 aromatic carbocycles. The summed E-state index contributed by atoms with van der Waals surface area (Å²) in [5.41, 5.74) is 1.26. The molecule has 0 radical (unpaired) electrons. The van der Waals surface area contributed by atoms with Crippen LogP contribution in [0.1, 0.15) is 35.6 Å². The average molecular weight is 394 g/mol. The second-order valence-corrected chi connectivity index (χ2v) is 6.56. The number of fused-ring (bicyclic) bond motifs is 2. The molecule has 0 saturated heterocycles. The highest BCUT2D eigenvalue weighted by Crippen LogP contribution is 2.43. The Morgan fingerprint density at radius 2 is 1.52 bits per heavy atom. The summed E-state index contributed by atoms with van der Waals surface area (Å²) in [6.45, 7) is 0. The van der Waals surface area contributed by atoms with Gasteiger partial charge in [0.2, 0.25) is 5.82 Å². The molecule has 2 aromatic rings. The number of hydrogen-bond donors (Lipinski definition) is 0. The Kier molecular flexibility index (Phi) is 4.34. The highest BCUT2D eigenvalue weighted by atomic mass is 32.1. The first-order valence-electron chi connectivity index (χ1n) is 8.13. The number of hydrogen-bond acceptors (Lipinski definition) is 2. The van der Waals surface area contributed by atoms with Crippen molar-refractivity contribution in [3.8, 4) is 0 Å². The third-order valence-electron chi connectivity index (χ3n) is 4.69. The zero-order chi connectivity index (χ0) is 19.3. The highest BCUT2D eigenvalue weighted by molar-refractivity contribution is 7.80. The van der Waals surface area contributed by atoms with Crippen LogP contribution in [-0.2, 0) is 4.74 Å². The molecule has 0 N–H and O–H groups in total. The van der Waals surface area contributed by atoms with Crippen molar-refractivity contribution in [2.45, 2.75) is 18.9 Å². The van der Waals surface area contributed by atoms with Crippen molar-refractivity contribution in [2.75, 3.05) is 0 Å². The fourth-order valence-corrected chi connectivity index (χ4v) is 3.72. The van der Waals surface area contributed by atoms with Gasteiger partial charge < -0.3 is 4.74 Å². The number of halogens is 5. The van der Waals surface area contributed by atoms with Gasteiger partial charge in [-0.2, -0.15) is 0 Å². The van der Waals surface area contributed by atoms with Crippen LogP contribution >= 0.6 is 12.2 Å². The molecule has 0 bridgehead atoms. The summed E-state index contributed by atoms with van der Waals surface area (Å²) >= 11 is 5.25. The predicted molar refractivity (Wildman–Crippen MR) is 93.5 cm³/mol. The summed E-state index contributed by atoms with van der Waals surface area (Å²) in [7, 11) is 0. The topological polar surface area (TPSA) is 9.23 Å². The van der Waals surface area contributed by atoms with Crippen molar-refractivity contribution >= 4 is 22.8 Å². The van der Waals surface area contributed by atoms with Gasteiger partial charge >= 0.3 is 0 Å². The van der Waals surface area contributed by atoms with Crippen molar-refractivity contribution in [3.05, 3.63) is 87.8 Å². The van der Waals surface area contributed by atoms with E-state index in [1.807, 2.05) is 6.08 Å². The van der Waals surface area contributed by atoms with Gasteiger partial charge in [-0.1, -0.05) is 36.4 Å². The van der Waals surface area contributed by atoms with Crippen molar-refractivity contribution in [1.29, 1.82) is 0 Å². The van der Waals surface area contributed by atoms with Crippen LogP contribution in [0.25, 0.3) is 5.57 Å². The monoisotopic (exact) mass is 394 g/mol. The van der Waals surface area contributed by atoms with E-state index in [1.165, 1.54) is 6.07 Å². The van der Waals surface area contributed by atoms with Gasteiger partial charge in [0.1, 0.15) is 0 Å². The molecule has 1 unspecified atom stereocenters. The number of rotatable bonds is 1. The van der Waals surface area contributed by atoms with Gasteiger partial charge in [0, 0.05) is 11.1 Å². The van der Waals surface area contributed by atoms with E-state index in [1.54, 1.807) is 24.3 Å². The number of benzene rings is 2. The quantitative estimate of drug-likeness (QED) is 0.257. The van der Waals surface area contributed by atoms with Crippen molar-refractivity contribution in [1.82, 2.24) is 0 Å². The summed E-state index contributed by atoms with van der Waals surface area (Å²) < 4.78 is 75.4. The lowest BCUT2D eigenvalue weighted by molar-refractivity contribution is 0.222. The van der Waals surface area contributed by atoms with Crippen LogP contribution in [-0.4, -0.2) is 5.05 Å². The SMILES string of the molecule is Fc1c(F)c(F)c(C2OC(=S)C3=C(CCC=C3)c3ccccc32)c(F)c1F. The molecule has 27 heavy (non-hydrogen) atoms. The molecule has 2 aliphatic rings. The Bertz CT molecular complexity index is 1010. The van der Waals surface area contributed by atoms with E-state index < -0.39 is 40.8 Å². The van der Waals surface area contributed by atoms with Crippen LogP contribution in [0, 0.1) is 29.1 Å². The Labute approximate surface area is 156 Å². The third-order valence-corrected chi connectivity index (χ3v) is 5.01. The first-order valence-corrected chi connectivity index (χ1v) is 8.54. The molecule has 0 fully saturated rings. The molecular formula is C20H11F5OS. The summed E-state index contributed by atoms with van der Waals surface area (Å²) in [4.78, 5) is 0. The highest BCUT2D eigenvalue weighted by Gasteiger charge is 2.36. The molecule has 0 aromatic heterocycles. The Morgan fingerprint density at radius 3 is 2.22 bits per heavy atom. The minimum atomic E-state index is -2.21. The number of allylic oxidation sites excluding steroid dienone is 2. The van der Waals surface area contributed by atoms with Crippen molar-refractivity contribution < 1.29 is 26.7 Å². The van der Waals surface area contributed by atoms with E-state index >= 15 is 0 Å². The zero-order valence-corrected chi connectivity index (χ0v) is 14.5. The molecule has 138 valence electrons. The molecule has 1 heterocycles. The van der Waals surface area contributed by atoms with E-state index in [4.69, 9.17) is 17.0 Å². The smallest absolute Gasteiger partial charge is 0.200 e. The molecule has 0 amide bonds. The van der Waals surface area contributed by atoms with Gasteiger partial charge in [-0.3, -0.25) is 0 Å². The normalized spacial score (nSPS) is 18.7. The maximum absolute atomic E-state index is 14.4. The number of ether oxygens (including phenoxy) is 1. The second kappa shape index (κ2) is 6.56. The van der Waals surface area contributed by atoms with Crippen LogP contribution in [0.3, 0.4) is 0 Å². The minimum absolute atomic E-state index is 0.0499. The predicted octanol–water partition coefficient (Wildman–Crippen LogP) is 5.93. The van der Waals surface area contributed by atoms with Gasteiger partial charge in [-0.05, 0) is 36.2 Å². The maximum Gasteiger partial charge on any atom is 0.200 e. The zero-order valence-electron chi connectivity index (χ0n) is 13.7. The van der Waals surface area contributed by atoms with Crippen molar-refractivity contribution in [3.63, 3.8) is 0 Å². The van der Waals surface area contributed by atoms with E-state index in [9.17, 15) is 22.0 Å². The van der Waals surface area contributed by atoms with Crippen LogP contribution in [0.4, 0.5) is 22.0 Å². The molecule has 1 aliphatic heterocycles. The van der Waals surface area contributed by atoms with E-state index in [2.05, 4.69) is 0 Å². The summed E-state index contributed by atoms with van der Waals surface area (Å²) in [6.07, 6.45) is 3.44. The van der Waals surface area contributed by atoms with E-state index in [0.29, 0.717) is 23.1 Å². The molecule has 4 rings (SSSR count). The lowest BCUT2D eigenvalue weighted by Gasteiger charge is -2.21. The van der Waals surface area contributed by atoms with Crippen LogP contribution < -0.4 is 0 Å². The lowest BCUT2D eigenvalue weighted by atomic mass is 9.87. The first-order chi connectivity index (χ1) is 12.9. The van der Waals surface area contributed by atoms with Gasteiger partial charge in [0.05, 0.1) is 5.56 Å². The standard InChI is InChI=1S/C20H11F5OS/c21-14-13(15(22)17(24)18(25)16(14)23)19-11-7-3-1-5-9(11)10-6-2-4-8-12(10)20(27)26-19/h1,3-5,7-8,19H,2,6H2. The number of thiocarbonyl (C=S) groups is 1. The Hall–Kier alpha value is -2.54. The lowest BCUT2D eigenvalue weighted by Crippen LogP contribution is -2.17.